The molecule has 150 valence electrons. The minimum absolute atomic E-state index is 0.000962. The number of methoxy groups -OCH3 is 2. The van der Waals surface area contributed by atoms with E-state index in [-0.39, 0.29) is 17.3 Å². The molecule has 0 radical (unpaired) electrons. The SMILES string of the molecule is COc1cc(/C=C/C(=O)C=C(O)/C=C/c2ccc(OC=O)c(OC)c2)ccc1O. The molecule has 0 atom stereocenters. The number of carbonyl (C=O) groups excluding carboxylic acids is 2. The second-order valence-electron chi connectivity index (χ2n) is 5.69. The fraction of sp³-hybridized carbons (Fsp3) is 0.0909. The third kappa shape index (κ3) is 6.28. The number of rotatable bonds is 9. The van der Waals surface area contributed by atoms with Crippen LogP contribution in [-0.2, 0) is 9.59 Å². The van der Waals surface area contributed by atoms with Crippen LogP contribution in [0.1, 0.15) is 11.1 Å². The number of phenols is 1. The van der Waals surface area contributed by atoms with Crippen LogP contribution in [0.4, 0.5) is 0 Å². The highest BCUT2D eigenvalue weighted by Crippen LogP contribution is 2.28. The summed E-state index contributed by atoms with van der Waals surface area (Å²) in [7, 11) is 2.87. The zero-order chi connectivity index (χ0) is 21.2. The van der Waals surface area contributed by atoms with E-state index in [0.717, 1.165) is 6.08 Å². The number of carbonyl (C=O) groups is 2. The molecule has 2 aromatic carbocycles. The Bertz CT molecular complexity index is 971. The van der Waals surface area contributed by atoms with Gasteiger partial charge in [-0.05, 0) is 47.5 Å². The molecule has 0 unspecified atom stereocenters. The van der Waals surface area contributed by atoms with Gasteiger partial charge in [0.05, 0.1) is 14.2 Å². The van der Waals surface area contributed by atoms with Crippen molar-refractivity contribution in [3.8, 4) is 23.0 Å². The van der Waals surface area contributed by atoms with Gasteiger partial charge < -0.3 is 24.4 Å². The van der Waals surface area contributed by atoms with E-state index < -0.39 is 5.78 Å². The van der Waals surface area contributed by atoms with Crippen LogP contribution in [0.2, 0.25) is 0 Å². The van der Waals surface area contributed by atoms with Gasteiger partial charge in [-0.15, -0.1) is 0 Å². The first-order valence-corrected chi connectivity index (χ1v) is 8.43. The fourth-order valence-corrected chi connectivity index (χ4v) is 2.34. The Morgan fingerprint density at radius 2 is 1.52 bits per heavy atom. The molecule has 0 aromatic heterocycles. The molecular formula is C22H20O7. The molecule has 0 spiro atoms. The molecule has 0 aliphatic rings. The largest absolute Gasteiger partial charge is 0.508 e. The number of aliphatic hydroxyl groups excluding tert-OH is 1. The number of allylic oxidation sites excluding steroid dienone is 3. The summed E-state index contributed by atoms with van der Waals surface area (Å²) < 4.78 is 14.9. The number of ketones is 1. The molecule has 2 aromatic rings. The summed E-state index contributed by atoms with van der Waals surface area (Å²) in [5.74, 6) is 0.250. The maximum Gasteiger partial charge on any atom is 0.298 e. The van der Waals surface area contributed by atoms with Gasteiger partial charge >= 0.3 is 0 Å². The van der Waals surface area contributed by atoms with Gasteiger partial charge in [-0.3, -0.25) is 9.59 Å². The van der Waals surface area contributed by atoms with Crippen molar-refractivity contribution in [3.05, 3.63) is 71.5 Å². The summed E-state index contributed by atoms with van der Waals surface area (Å²) in [4.78, 5) is 22.4. The van der Waals surface area contributed by atoms with Crippen LogP contribution < -0.4 is 14.2 Å². The maximum atomic E-state index is 12.0. The summed E-state index contributed by atoms with van der Waals surface area (Å²) in [6.45, 7) is 0.301. The molecule has 0 aliphatic carbocycles. The standard InChI is InChI=1S/C22H20O7/c1-27-21-11-15(5-9-19(21)26)3-7-17(24)13-18(25)8-4-16-6-10-20(29-14-23)22(12-16)28-2/h3-14,25-26H,1-2H3/b7-3+,8-4+,18-13?. The van der Waals surface area contributed by atoms with E-state index in [2.05, 4.69) is 0 Å². The Morgan fingerprint density at radius 1 is 0.897 bits per heavy atom. The Labute approximate surface area is 167 Å². The van der Waals surface area contributed by atoms with Crippen LogP contribution in [0.25, 0.3) is 12.2 Å². The summed E-state index contributed by atoms with van der Waals surface area (Å²) in [6, 6.07) is 9.48. The minimum Gasteiger partial charge on any atom is -0.508 e. The lowest BCUT2D eigenvalue weighted by Crippen LogP contribution is -1.93. The van der Waals surface area contributed by atoms with E-state index in [1.165, 1.54) is 38.5 Å². The third-order valence-corrected chi connectivity index (χ3v) is 3.74. The predicted octanol–water partition coefficient (Wildman–Crippen LogP) is 3.68. The van der Waals surface area contributed by atoms with E-state index in [1.807, 2.05) is 0 Å². The lowest BCUT2D eigenvalue weighted by Gasteiger charge is -2.06. The van der Waals surface area contributed by atoms with Gasteiger partial charge in [-0.1, -0.05) is 24.3 Å². The molecule has 0 amide bonds. The summed E-state index contributed by atoms with van der Waals surface area (Å²) in [5.41, 5.74) is 1.32. The van der Waals surface area contributed by atoms with Crippen molar-refractivity contribution >= 4 is 24.4 Å². The highest BCUT2D eigenvalue weighted by Gasteiger charge is 2.04. The van der Waals surface area contributed by atoms with Crippen LogP contribution in [0.3, 0.4) is 0 Å². The van der Waals surface area contributed by atoms with Crippen molar-refractivity contribution in [1.82, 2.24) is 0 Å². The first-order chi connectivity index (χ1) is 14.0. The number of benzene rings is 2. The molecule has 2 N–H and O–H groups in total. The maximum absolute atomic E-state index is 12.0. The first-order valence-electron chi connectivity index (χ1n) is 8.43. The molecule has 0 bridgehead atoms. The van der Waals surface area contributed by atoms with Gasteiger partial charge in [0.15, 0.2) is 28.8 Å². The number of phenolic OH excluding ortho intramolecular Hbond substituents is 1. The van der Waals surface area contributed by atoms with Gasteiger partial charge in [-0.25, -0.2) is 0 Å². The van der Waals surface area contributed by atoms with E-state index in [1.54, 1.807) is 36.4 Å². The highest BCUT2D eigenvalue weighted by molar-refractivity contribution is 6.02. The Morgan fingerprint density at radius 3 is 2.17 bits per heavy atom. The molecule has 29 heavy (non-hydrogen) atoms. The van der Waals surface area contributed by atoms with Gasteiger partial charge in [0, 0.05) is 6.08 Å². The van der Waals surface area contributed by atoms with Crippen LogP contribution in [0.5, 0.6) is 23.0 Å². The van der Waals surface area contributed by atoms with Crippen molar-refractivity contribution in [3.63, 3.8) is 0 Å². The second-order valence-corrected chi connectivity index (χ2v) is 5.69. The number of ether oxygens (including phenoxy) is 3. The molecule has 0 saturated heterocycles. The third-order valence-electron chi connectivity index (χ3n) is 3.74. The molecule has 0 aliphatic heterocycles. The molecule has 7 heteroatoms. The van der Waals surface area contributed by atoms with Crippen LogP contribution in [0.15, 0.2) is 60.4 Å². The molecular weight excluding hydrogens is 376 g/mol. The van der Waals surface area contributed by atoms with E-state index in [4.69, 9.17) is 14.2 Å². The van der Waals surface area contributed by atoms with Crippen molar-refractivity contribution < 1.29 is 34.0 Å². The Kier molecular flexibility index (Phi) is 7.61. The Hall–Kier alpha value is -4.00. The molecule has 0 heterocycles. The molecule has 0 fully saturated rings. The van der Waals surface area contributed by atoms with Gasteiger partial charge in [0.1, 0.15) is 5.76 Å². The molecule has 2 rings (SSSR count). The zero-order valence-corrected chi connectivity index (χ0v) is 15.9. The van der Waals surface area contributed by atoms with Crippen molar-refractivity contribution in [2.24, 2.45) is 0 Å². The van der Waals surface area contributed by atoms with E-state index >= 15 is 0 Å². The topological polar surface area (TPSA) is 102 Å². The number of hydrogen-bond acceptors (Lipinski definition) is 7. The van der Waals surface area contributed by atoms with Crippen molar-refractivity contribution in [2.75, 3.05) is 14.2 Å². The average molecular weight is 396 g/mol. The summed E-state index contributed by atoms with van der Waals surface area (Å²) in [5, 5.41) is 19.5. The highest BCUT2D eigenvalue weighted by atomic mass is 16.5. The predicted molar refractivity (Wildman–Crippen MR) is 108 cm³/mol. The van der Waals surface area contributed by atoms with Gasteiger partial charge in [0.25, 0.3) is 6.47 Å². The lowest BCUT2D eigenvalue weighted by atomic mass is 10.1. The van der Waals surface area contributed by atoms with Crippen molar-refractivity contribution in [1.29, 1.82) is 0 Å². The van der Waals surface area contributed by atoms with Gasteiger partial charge in [0.2, 0.25) is 0 Å². The average Bonchev–Trinajstić information content (AvgIpc) is 2.72. The normalized spacial score (nSPS) is 11.6. The van der Waals surface area contributed by atoms with E-state index in [9.17, 15) is 19.8 Å². The molecule has 0 saturated carbocycles. The van der Waals surface area contributed by atoms with Gasteiger partial charge in [-0.2, -0.15) is 0 Å². The zero-order valence-electron chi connectivity index (χ0n) is 15.9. The van der Waals surface area contributed by atoms with E-state index in [0.29, 0.717) is 29.1 Å². The number of aliphatic hydroxyl groups is 1. The smallest absolute Gasteiger partial charge is 0.298 e. The lowest BCUT2D eigenvalue weighted by molar-refractivity contribution is -0.120. The van der Waals surface area contributed by atoms with Crippen molar-refractivity contribution in [2.45, 2.75) is 0 Å². The second kappa shape index (κ2) is 10.4. The molecule has 7 nitrogen and oxygen atoms in total. The fourth-order valence-electron chi connectivity index (χ4n) is 2.34. The van der Waals surface area contributed by atoms with Crippen LogP contribution >= 0.6 is 0 Å². The first kappa shape index (κ1) is 21.3. The number of aromatic hydroxyl groups is 1. The Balaban J connectivity index is 2.06. The summed E-state index contributed by atoms with van der Waals surface area (Å²) in [6.07, 6.45) is 6.80. The summed E-state index contributed by atoms with van der Waals surface area (Å²) >= 11 is 0. The van der Waals surface area contributed by atoms with Crippen LogP contribution in [0, 0.1) is 0 Å². The van der Waals surface area contributed by atoms with Crippen LogP contribution in [-0.4, -0.2) is 36.7 Å². The monoisotopic (exact) mass is 396 g/mol. The minimum atomic E-state index is -0.425. The number of hydrogen-bond donors (Lipinski definition) is 2. The quantitative estimate of drug-likeness (QED) is 0.288.